The monoisotopic (exact) mass is 409 g/mol. The van der Waals surface area contributed by atoms with Crippen LogP contribution in [-0.2, 0) is 26.2 Å². The van der Waals surface area contributed by atoms with E-state index >= 15 is 0 Å². The van der Waals surface area contributed by atoms with E-state index in [0.29, 0.717) is 30.3 Å². The summed E-state index contributed by atoms with van der Waals surface area (Å²) in [6, 6.07) is 10.0. The summed E-state index contributed by atoms with van der Waals surface area (Å²) < 4.78 is 55.8. The van der Waals surface area contributed by atoms with Crippen molar-refractivity contribution in [3.8, 4) is 11.5 Å². The second-order valence-corrected chi connectivity index (χ2v) is 7.86. The fourth-order valence-electron chi connectivity index (χ4n) is 2.53. The van der Waals surface area contributed by atoms with Crippen LogP contribution in [0.1, 0.15) is 18.4 Å². The van der Waals surface area contributed by atoms with E-state index in [1.54, 1.807) is 6.07 Å². The quantitative estimate of drug-likeness (QED) is 0.532. The Hall–Kier alpha value is -2.65. The third-order valence-corrected chi connectivity index (χ3v) is 5.45. The van der Waals surface area contributed by atoms with Crippen molar-refractivity contribution in [3.63, 3.8) is 0 Å². The van der Waals surface area contributed by atoms with Crippen LogP contribution in [0.3, 0.4) is 0 Å². The molecule has 9 heteroatoms. The lowest BCUT2D eigenvalue weighted by molar-refractivity contribution is -0.145. The first-order chi connectivity index (χ1) is 13.4. The van der Waals surface area contributed by atoms with Gasteiger partial charge in [-0.1, -0.05) is 12.1 Å². The third kappa shape index (κ3) is 5.43. The van der Waals surface area contributed by atoms with Crippen LogP contribution in [0.15, 0.2) is 47.4 Å². The van der Waals surface area contributed by atoms with Gasteiger partial charge in [0.25, 0.3) is 0 Å². The van der Waals surface area contributed by atoms with Crippen LogP contribution in [0.5, 0.6) is 11.5 Å². The zero-order chi connectivity index (χ0) is 20.0. The van der Waals surface area contributed by atoms with Crippen molar-refractivity contribution in [1.82, 2.24) is 4.72 Å². The predicted molar refractivity (Wildman–Crippen MR) is 98.1 cm³/mol. The van der Waals surface area contributed by atoms with Gasteiger partial charge in [0.1, 0.15) is 25.6 Å². The largest absolute Gasteiger partial charge is 0.486 e. The Kier molecular flexibility index (Phi) is 6.48. The molecule has 3 rings (SSSR count). The molecule has 0 aromatic heterocycles. The molecule has 0 amide bonds. The summed E-state index contributed by atoms with van der Waals surface area (Å²) >= 11 is 0. The molecular formula is C19H20FNO6S. The van der Waals surface area contributed by atoms with Gasteiger partial charge in [-0.3, -0.25) is 4.79 Å². The lowest BCUT2D eigenvalue weighted by Gasteiger charge is -2.18. The zero-order valence-corrected chi connectivity index (χ0v) is 15.8. The lowest BCUT2D eigenvalue weighted by atomic mass is 10.2. The summed E-state index contributed by atoms with van der Waals surface area (Å²) in [5, 5.41) is 0. The van der Waals surface area contributed by atoms with Crippen LogP contribution in [0.4, 0.5) is 4.39 Å². The van der Waals surface area contributed by atoms with Crippen LogP contribution in [0.25, 0.3) is 0 Å². The Balaban J connectivity index is 1.42. The van der Waals surface area contributed by atoms with Crippen molar-refractivity contribution in [1.29, 1.82) is 0 Å². The summed E-state index contributed by atoms with van der Waals surface area (Å²) in [5.74, 6) is 0.0795. The Morgan fingerprint density at radius 2 is 1.79 bits per heavy atom. The number of carbonyl (C=O) groups is 1. The molecule has 0 unspecified atom stereocenters. The number of halogens is 1. The molecular weight excluding hydrogens is 389 g/mol. The molecule has 0 saturated heterocycles. The third-order valence-electron chi connectivity index (χ3n) is 3.99. The maximum absolute atomic E-state index is 12.8. The molecule has 0 spiro atoms. The molecule has 1 aliphatic rings. The molecule has 2 aromatic carbocycles. The minimum absolute atomic E-state index is 0.0437. The van der Waals surface area contributed by atoms with E-state index in [9.17, 15) is 17.6 Å². The van der Waals surface area contributed by atoms with Crippen molar-refractivity contribution >= 4 is 16.0 Å². The highest BCUT2D eigenvalue weighted by Gasteiger charge is 2.19. The molecule has 1 aliphatic heterocycles. The van der Waals surface area contributed by atoms with Gasteiger partial charge in [-0.2, -0.15) is 0 Å². The number of hydrogen-bond acceptors (Lipinski definition) is 6. The highest BCUT2D eigenvalue weighted by molar-refractivity contribution is 7.89. The molecule has 1 heterocycles. The van der Waals surface area contributed by atoms with Gasteiger partial charge in [-0.15, -0.1) is 0 Å². The second-order valence-electron chi connectivity index (χ2n) is 6.09. The Morgan fingerprint density at radius 1 is 1.07 bits per heavy atom. The maximum atomic E-state index is 12.8. The van der Waals surface area contributed by atoms with Gasteiger partial charge in [0.05, 0.1) is 4.90 Å². The minimum atomic E-state index is -3.72. The molecule has 0 fully saturated rings. The van der Waals surface area contributed by atoms with Crippen LogP contribution < -0.4 is 14.2 Å². The highest BCUT2D eigenvalue weighted by atomic mass is 32.2. The number of nitrogens with one attached hydrogen (secondary N) is 1. The molecule has 7 nitrogen and oxygen atoms in total. The normalized spacial score (nSPS) is 13.2. The Morgan fingerprint density at radius 3 is 2.54 bits per heavy atom. The number of sulfonamides is 1. The number of hydrogen-bond donors (Lipinski definition) is 1. The number of carbonyl (C=O) groups excluding carboxylic acids is 1. The van der Waals surface area contributed by atoms with E-state index in [0.717, 1.165) is 0 Å². The molecule has 1 N–H and O–H groups in total. The van der Waals surface area contributed by atoms with Crippen molar-refractivity contribution in [2.24, 2.45) is 0 Å². The van der Waals surface area contributed by atoms with Gasteiger partial charge >= 0.3 is 5.97 Å². The highest BCUT2D eigenvalue weighted by Crippen LogP contribution is 2.32. The Bertz CT molecular complexity index is 930. The van der Waals surface area contributed by atoms with Crippen molar-refractivity contribution in [2.45, 2.75) is 24.3 Å². The SMILES string of the molecule is O=C(CCCNS(=O)(=O)c1ccc2c(c1)OCCO2)OCc1ccc(F)cc1. The van der Waals surface area contributed by atoms with Crippen LogP contribution >= 0.6 is 0 Å². The fourth-order valence-corrected chi connectivity index (χ4v) is 3.62. The standard InChI is InChI=1S/C19H20FNO6S/c20-15-5-3-14(4-6-15)13-27-19(22)2-1-9-21-28(23,24)16-7-8-17-18(12-16)26-11-10-25-17/h3-8,12,21H,1-2,9-11,13H2. The van der Waals surface area contributed by atoms with Crippen molar-refractivity contribution in [3.05, 3.63) is 53.8 Å². The summed E-state index contributed by atoms with van der Waals surface area (Å²) in [7, 11) is -3.72. The predicted octanol–water partition coefficient (Wildman–Crippen LogP) is 2.40. The van der Waals surface area contributed by atoms with E-state index in [4.69, 9.17) is 14.2 Å². The first-order valence-corrected chi connectivity index (χ1v) is 10.2. The first kappa shape index (κ1) is 20.1. The summed E-state index contributed by atoms with van der Waals surface area (Å²) in [6.45, 7) is 0.920. The van der Waals surface area contributed by atoms with Gasteiger partial charge < -0.3 is 14.2 Å². The summed E-state index contributed by atoms with van der Waals surface area (Å²) in [4.78, 5) is 11.8. The van der Waals surface area contributed by atoms with E-state index in [1.165, 1.54) is 36.4 Å². The summed E-state index contributed by atoms with van der Waals surface area (Å²) in [5.41, 5.74) is 0.675. The van der Waals surface area contributed by atoms with E-state index in [1.807, 2.05) is 0 Å². The molecule has 0 saturated carbocycles. The number of benzene rings is 2. The second kappa shape index (κ2) is 9.03. The lowest BCUT2D eigenvalue weighted by Crippen LogP contribution is -2.25. The Labute approximate surface area is 162 Å². The topological polar surface area (TPSA) is 90.9 Å². The first-order valence-electron chi connectivity index (χ1n) is 8.73. The van der Waals surface area contributed by atoms with Gasteiger partial charge in [0, 0.05) is 19.0 Å². The number of esters is 1. The van der Waals surface area contributed by atoms with Gasteiger partial charge in [-0.25, -0.2) is 17.5 Å². The smallest absolute Gasteiger partial charge is 0.306 e. The van der Waals surface area contributed by atoms with Crippen molar-refractivity contribution in [2.75, 3.05) is 19.8 Å². The molecule has 0 aliphatic carbocycles. The number of ether oxygens (including phenoxy) is 3. The molecule has 0 atom stereocenters. The molecule has 28 heavy (non-hydrogen) atoms. The molecule has 0 bridgehead atoms. The van der Waals surface area contributed by atoms with E-state index in [-0.39, 0.29) is 36.7 Å². The van der Waals surface area contributed by atoms with Crippen LogP contribution in [-0.4, -0.2) is 34.1 Å². The zero-order valence-electron chi connectivity index (χ0n) is 15.0. The maximum Gasteiger partial charge on any atom is 0.306 e. The minimum Gasteiger partial charge on any atom is -0.486 e. The molecule has 2 aromatic rings. The average Bonchev–Trinajstić information content (AvgIpc) is 2.70. The summed E-state index contributed by atoms with van der Waals surface area (Å²) in [6.07, 6.45) is 0.344. The number of fused-ring (bicyclic) bond motifs is 1. The van der Waals surface area contributed by atoms with Crippen LogP contribution in [0, 0.1) is 5.82 Å². The fraction of sp³-hybridized carbons (Fsp3) is 0.316. The van der Waals surface area contributed by atoms with Crippen LogP contribution in [0.2, 0.25) is 0 Å². The van der Waals surface area contributed by atoms with Gasteiger partial charge in [0.2, 0.25) is 10.0 Å². The van der Waals surface area contributed by atoms with E-state index < -0.39 is 16.0 Å². The molecule has 0 radical (unpaired) electrons. The van der Waals surface area contributed by atoms with Crippen molar-refractivity contribution < 1.29 is 31.8 Å². The average molecular weight is 409 g/mol. The van der Waals surface area contributed by atoms with Gasteiger partial charge in [-0.05, 0) is 36.2 Å². The number of rotatable bonds is 8. The van der Waals surface area contributed by atoms with E-state index in [2.05, 4.69) is 4.72 Å². The molecule has 150 valence electrons. The van der Waals surface area contributed by atoms with Gasteiger partial charge in [0.15, 0.2) is 11.5 Å².